The van der Waals surface area contributed by atoms with Crippen LogP contribution in [0, 0.1) is 0 Å². The van der Waals surface area contributed by atoms with Crippen LogP contribution in [0.5, 0.6) is 11.5 Å². The molecule has 1 aliphatic carbocycles. The van der Waals surface area contributed by atoms with Crippen molar-refractivity contribution >= 4 is 34.0 Å². The Morgan fingerprint density at radius 3 is 2.66 bits per heavy atom. The van der Waals surface area contributed by atoms with Crippen LogP contribution in [0.15, 0.2) is 48.7 Å². The summed E-state index contributed by atoms with van der Waals surface area (Å²) in [4.78, 5) is 20.9. The van der Waals surface area contributed by atoms with Crippen LogP contribution >= 0.6 is 22.9 Å². The Labute approximate surface area is 230 Å². The average Bonchev–Trinajstić information content (AvgIpc) is 3.60. The number of anilines is 1. The first kappa shape index (κ1) is 26.9. The van der Waals surface area contributed by atoms with Gasteiger partial charge < -0.3 is 30.3 Å². The number of amides is 1. The van der Waals surface area contributed by atoms with Crippen LogP contribution in [-0.4, -0.2) is 63.5 Å². The van der Waals surface area contributed by atoms with E-state index >= 15 is 0 Å². The first-order chi connectivity index (χ1) is 18.4. The Kier molecular flexibility index (Phi) is 8.20. The van der Waals surface area contributed by atoms with Crippen LogP contribution in [0.25, 0.3) is 0 Å². The van der Waals surface area contributed by atoms with Crippen molar-refractivity contribution in [3.63, 3.8) is 0 Å². The number of aliphatic hydroxyl groups is 1. The van der Waals surface area contributed by atoms with Gasteiger partial charge >= 0.3 is 0 Å². The summed E-state index contributed by atoms with van der Waals surface area (Å²) in [7, 11) is 0. The van der Waals surface area contributed by atoms with E-state index in [2.05, 4.69) is 15.2 Å². The van der Waals surface area contributed by atoms with E-state index in [1.54, 1.807) is 12.3 Å². The number of phenolic OH excluding ortho intramolecular Hbond substituents is 2. The Hall–Kier alpha value is -2.69. The maximum absolute atomic E-state index is 13.2. The van der Waals surface area contributed by atoms with Crippen LogP contribution in [0.2, 0.25) is 5.02 Å². The van der Waals surface area contributed by atoms with Gasteiger partial charge in [-0.1, -0.05) is 47.2 Å². The fraction of sp³-hybridized carbons (Fsp3) is 0.429. The van der Waals surface area contributed by atoms with Gasteiger partial charge in [-0.25, -0.2) is 4.98 Å². The van der Waals surface area contributed by atoms with E-state index in [9.17, 15) is 20.1 Å². The van der Waals surface area contributed by atoms with Crippen LogP contribution in [0.4, 0.5) is 5.13 Å². The molecule has 2 aromatic carbocycles. The highest BCUT2D eigenvalue weighted by Crippen LogP contribution is 2.50. The van der Waals surface area contributed by atoms with Gasteiger partial charge in [0.15, 0.2) is 16.6 Å². The lowest BCUT2D eigenvalue weighted by Gasteiger charge is -2.29. The molecule has 38 heavy (non-hydrogen) atoms. The molecule has 1 amide bonds. The van der Waals surface area contributed by atoms with E-state index in [1.807, 2.05) is 24.3 Å². The summed E-state index contributed by atoms with van der Waals surface area (Å²) in [5.41, 5.74) is 0.776. The fourth-order valence-corrected chi connectivity index (χ4v) is 6.04. The van der Waals surface area contributed by atoms with Gasteiger partial charge in [0.1, 0.15) is 6.10 Å². The van der Waals surface area contributed by atoms with Crippen molar-refractivity contribution in [3.8, 4) is 11.5 Å². The molecule has 4 N–H and O–H groups in total. The number of hydrogen-bond acceptors (Lipinski definition) is 8. The third-order valence-corrected chi connectivity index (χ3v) is 8.66. The smallest absolute Gasteiger partial charge is 0.236 e. The van der Waals surface area contributed by atoms with Crippen molar-refractivity contribution in [1.82, 2.24) is 9.88 Å². The predicted molar refractivity (Wildman–Crippen MR) is 147 cm³/mol. The molecule has 0 radical (unpaired) electrons. The highest BCUT2D eigenvalue weighted by Gasteiger charge is 2.51. The summed E-state index contributed by atoms with van der Waals surface area (Å²) in [6.45, 7) is 3.24. The third-order valence-electron chi connectivity index (χ3n) is 7.36. The second kappa shape index (κ2) is 11.6. The Balaban J connectivity index is 1.26. The topological polar surface area (TPSA) is 115 Å². The summed E-state index contributed by atoms with van der Waals surface area (Å²) >= 11 is 7.88. The van der Waals surface area contributed by atoms with Crippen molar-refractivity contribution in [3.05, 3.63) is 69.7 Å². The maximum atomic E-state index is 13.2. The number of carbonyl (C=O) groups is 1. The van der Waals surface area contributed by atoms with Gasteiger partial charge in [-0.05, 0) is 55.9 Å². The normalized spacial score (nSPS) is 18.3. The number of carbonyl (C=O) groups excluding carboxylic acids is 1. The monoisotopic (exact) mass is 557 g/mol. The number of aromatic hydroxyl groups is 2. The van der Waals surface area contributed by atoms with Gasteiger partial charge in [0.05, 0.1) is 16.4 Å². The molecule has 1 aromatic heterocycles. The molecule has 5 rings (SSSR count). The molecule has 1 atom stereocenters. The zero-order valence-corrected chi connectivity index (χ0v) is 22.5. The SMILES string of the molecule is O=C(Nc1ncc(C(OCCCN2CCC(O)CC2)c2ccccc2Cl)s1)C1(c2ccc(O)c(O)c2)CC1. The van der Waals surface area contributed by atoms with Crippen molar-refractivity contribution in [1.29, 1.82) is 0 Å². The average molecular weight is 558 g/mol. The van der Waals surface area contributed by atoms with Gasteiger partial charge in [0, 0.05) is 43.0 Å². The molecule has 3 aromatic rings. The zero-order valence-electron chi connectivity index (χ0n) is 21.0. The zero-order chi connectivity index (χ0) is 26.7. The standard InChI is InChI=1S/C28H32ClN3O5S/c29-21-5-2-1-4-20(21)25(37-15-3-12-32-13-8-19(33)9-14-32)24-17-30-27(38-24)31-26(36)28(10-11-28)18-6-7-22(34)23(35)16-18/h1-2,4-7,16-17,19,25,33-35H,3,8-15H2,(H,30,31,36). The molecule has 2 fully saturated rings. The molecule has 0 bridgehead atoms. The highest BCUT2D eigenvalue weighted by molar-refractivity contribution is 7.15. The first-order valence-electron chi connectivity index (χ1n) is 12.9. The predicted octanol–water partition coefficient (Wildman–Crippen LogP) is 4.83. The van der Waals surface area contributed by atoms with Gasteiger partial charge in [-0.15, -0.1) is 0 Å². The molecular formula is C28H32ClN3O5S. The quantitative estimate of drug-likeness (QED) is 0.208. The number of halogens is 1. The molecule has 0 spiro atoms. The summed E-state index contributed by atoms with van der Waals surface area (Å²) in [5.74, 6) is -0.643. The minimum absolute atomic E-state index is 0.184. The summed E-state index contributed by atoms with van der Waals surface area (Å²) in [5, 5.41) is 33.3. The molecule has 2 heterocycles. The summed E-state index contributed by atoms with van der Waals surface area (Å²) < 4.78 is 6.34. The largest absolute Gasteiger partial charge is 0.504 e. The number of aromatic nitrogens is 1. The van der Waals surface area contributed by atoms with Crippen LogP contribution in [-0.2, 0) is 14.9 Å². The van der Waals surface area contributed by atoms with Crippen LogP contribution < -0.4 is 5.32 Å². The van der Waals surface area contributed by atoms with Gasteiger partial charge in [0.25, 0.3) is 0 Å². The molecule has 2 aliphatic rings. The van der Waals surface area contributed by atoms with Crippen molar-refractivity contribution < 1.29 is 24.9 Å². The van der Waals surface area contributed by atoms with Crippen molar-refractivity contribution in [2.24, 2.45) is 0 Å². The number of piperidine rings is 1. The number of phenols is 2. The number of likely N-dealkylation sites (tertiary alicyclic amines) is 1. The van der Waals surface area contributed by atoms with Crippen molar-refractivity contribution in [2.45, 2.75) is 49.7 Å². The third kappa shape index (κ3) is 5.97. The number of benzene rings is 2. The van der Waals surface area contributed by atoms with E-state index in [-0.39, 0.29) is 23.5 Å². The van der Waals surface area contributed by atoms with Crippen LogP contribution in [0.3, 0.4) is 0 Å². The van der Waals surface area contributed by atoms with Gasteiger partial charge in [-0.2, -0.15) is 0 Å². The molecule has 202 valence electrons. The second-order valence-corrected chi connectivity index (χ2v) is 11.5. The molecular weight excluding hydrogens is 526 g/mol. The Bertz CT molecular complexity index is 1270. The Morgan fingerprint density at radius 1 is 1.18 bits per heavy atom. The molecule has 10 heteroatoms. The Morgan fingerprint density at radius 2 is 1.95 bits per heavy atom. The van der Waals surface area contributed by atoms with Gasteiger partial charge in [0.2, 0.25) is 5.91 Å². The van der Waals surface area contributed by atoms with Gasteiger partial charge in [-0.3, -0.25) is 4.79 Å². The number of aliphatic hydroxyl groups excluding tert-OH is 1. The summed E-state index contributed by atoms with van der Waals surface area (Å²) in [6.07, 6.45) is 4.90. The fourth-order valence-electron chi connectivity index (χ4n) is 4.92. The first-order valence-corrected chi connectivity index (χ1v) is 14.1. The number of thiazole rings is 1. The number of nitrogens with zero attached hydrogens (tertiary/aromatic N) is 2. The van der Waals surface area contributed by atoms with E-state index in [1.165, 1.54) is 23.5 Å². The minimum Gasteiger partial charge on any atom is -0.504 e. The lowest BCUT2D eigenvalue weighted by molar-refractivity contribution is -0.118. The lowest BCUT2D eigenvalue weighted by Crippen LogP contribution is -2.36. The molecule has 1 unspecified atom stereocenters. The van der Waals surface area contributed by atoms with Crippen LogP contribution in [0.1, 0.15) is 54.2 Å². The maximum Gasteiger partial charge on any atom is 0.236 e. The second-order valence-electron chi connectivity index (χ2n) is 10.0. The van der Waals surface area contributed by atoms with E-state index < -0.39 is 11.5 Å². The highest BCUT2D eigenvalue weighted by atomic mass is 35.5. The number of ether oxygens (including phenoxy) is 1. The number of rotatable bonds is 10. The molecule has 1 saturated heterocycles. The molecule has 1 saturated carbocycles. The minimum atomic E-state index is -0.736. The van der Waals surface area contributed by atoms with Crippen molar-refractivity contribution in [2.75, 3.05) is 31.6 Å². The lowest BCUT2D eigenvalue weighted by atomic mass is 9.94. The van der Waals surface area contributed by atoms with E-state index in [0.717, 1.165) is 49.3 Å². The number of nitrogens with one attached hydrogen (secondary N) is 1. The van der Waals surface area contributed by atoms with E-state index in [0.29, 0.717) is 35.2 Å². The molecule has 1 aliphatic heterocycles. The van der Waals surface area contributed by atoms with E-state index in [4.69, 9.17) is 16.3 Å². The molecule has 8 nitrogen and oxygen atoms in total. The number of hydrogen-bond donors (Lipinski definition) is 4. The summed E-state index contributed by atoms with van der Waals surface area (Å²) in [6, 6.07) is 12.1.